The van der Waals surface area contributed by atoms with Crippen LogP contribution in [0.5, 0.6) is 5.75 Å². The van der Waals surface area contributed by atoms with E-state index in [4.69, 9.17) is 4.74 Å². The number of amides is 3. The zero-order chi connectivity index (χ0) is 15.4. The minimum atomic E-state index is -0.385. The van der Waals surface area contributed by atoms with Gasteiger partial charge in [-0.15, -0.1) is 0 Å². The number of carbonyl (C=O) groups excluding carboxylic acids is 2. The van der Waals surface area contributed by atoms with Gasteiger partial charge in [-0.3, -0.25) is 9.69 Å². The van der Waals surface area contributed by atoms with E-state index in [-0.39, 0.29) is 23.9 Å². The van der Waals surface area contributed by atoms with Crippen LogP contribution in [0.25, 0.3) is 0 Å². The molecule has 5 nitrogen and oxygen atoms in total. The van der Waals surface area contributed by atoms with Crippen molar-refractivity contribution in [2.75, 3.05) is 13.7 Å². The molecular weight excluding hydrogens is 268 g/mol. The number of carbonyl (C=O) groups is 2. The largest absolute Gasteiger partial charge is 0.496 e. The van der Waals surface area contributed by atoms with Crippen LogP contribution in [0.15, 0.2) is 24.3 Å². The van der Waals surface area contributed by atoms with Crippen molar-refractivity contribution in [1.82, 2.24) is 10.2 Å². The predicted octanol–water partition coefficient (Wildman–Crippen LogP) is 2.20. The lowest BCUT2D eigenvalue weighted by molar-refractivity contribution is -0.128. The normalized spacial score (nSPS) is 18.3. The Kier molecular flexibility index (Phi) is 4.83. The molecule has 1 N–H and O–H groups in total. The fourth-order valence-corrected chi connectivity index (χ4v) is 2.54. The van der Waals surface area contributed by atoms with Gasteiger partial charge in [0.15, 0.2) is 0 Å². The second-order valence-corrected chi connectivity index (χ2v) is 5.58. The standard InChI is InChI=1S/C16H22N2O3/c1-11(2)14-15(19)18(16(20)17-14)10-6-8-12-7-4-5-9-13(12)21-3/h4-5,7,9,11,14H,6,8,10H2,1-3H3,(H,17,20)/t14-/m1/s1. The molecule has 1 aromatic carbocycles. The summed E-state index contributed by atoms with van der Waals surface area (Å²) in [6.45, 7) is 4.30. The quantitative estimate of drug-likeness (QED) is 0.817. The van der Waals surface area contributed by atoms with Gasteiger partial charge >= 0.3 is 6.03 Å². The minimum Gasteiger partial charge on any atom is -0.496 e. The van der Waals surface area contributed by atoms with Crippen LogP contribution in [0.2, 0.25) is 0 Å². The van der Waals surface area contributed by atoms with Gasteiger partial charge in [-0.2, -0.15) is 0 Å². The number of rotatable bonds is 6. The van der Waals surface area contributed by atoms with Gasteiger partial charge in [0.25, 0.3) is 5.91 Å². The molecule has 1 aliphatic rings. The Hall–Kier alpha value is -2.04. The summed E-state index contributed by atoms with van der Waals surface area (Å²) in [5, 5.41) is 2.74. The molecule has 0 aromatic heterocycles. The molecule has 1 atom stereocenters. The predicted molar refractivity (Wildman–Crippen MR) is 80.2 cm³/mol. The molecule has 21 heavy (non-hydrogen) atoms. The Morgan fingerprint density at radius 2 is 2.00 bits per heavy atom. The van der Waals surface area contributed by atoms with Gasteiger partial charge in [-0.05, 0) is 30.4 Å². The number of nitrogens with one attached hydrogen (secondary N) is 1. The monoisotopic (exact) mass is 290 g/mol. The van der Waals surface area contributed by atoms with E-state index in [0.717, 1.165) is 24.2 Å². The van der Waals surface area contributed by atoms with Crippen molar-refractivity contribution >= 4 is 11.9 Å². The fraction of sp³-hybridized carbons (Fsp3) is 0.500. The lowest BCUT2D eigenvalue weighted by atomic mass is 10.0. The summed E-state index contributed by atoms with van der Waals surface area (Å²) in [6.07, 6.45) is 1.50. The third kappa shape index (κ3) is 3.35. The Labute approximate surface area is 125 Å². The molecule has 1 heterocycles. The molecule has 1 saturated heterocycles. The first-order valence-electron chi connectivity index (χ1n) is 7.28. The second kappa shape index (κ2) is 6.61. The van der Waals surface area contributed by atoms with E-state index in [2.05, 4.69) is 5.32 Å². The zero-order valence-electron chi connectivity index (χ0n) is 12.8. The lowest BCUT2D eigenvalue weighted by Crippen LogP contribution is -2.35. The summed E-state index contributed by atoms with van der Waals surface area (Å²) in [6, 6.07) is 7.13. The third-order valence-corrected chi connectivity index (χ3v) is 3.74. The number of aryl methyl sites for hydroxylation is 1. The first-order chi connectivity index (χ1) is 10.0. The third-order valence-electron chi connectivity index (χ3n) is 3.74. The number of benzene rings is 1. The minimum absolute atomic E-state index is 0.112. The average molecular weight is 290 g/mol. The smallest absolute Gasteiger partial charge is 0.324 e. The van der Waals surface area contributed by atoms with Crippen LogP contribution in [0.4, 0.5) is 4.79 Å². The van der Waals surface area contributed by atoms with E-state index >= 15 is 0 Å². The summed E-state index contributed by atoms with van der Waals surface area (Å²) in [5.74, 6) is 0.838. The van der Waals surface area contributed by atoms with E-state index in [1.165, 1.54) is 4.90 Å². The number of urea groups is 1. The van der Waals surface area contributed by atoms with Crippen molar-refractivity contribution in [3.8, 4) is 5.75 Å². The first kappa shape index (κ1) is 15.4. The molecule has 0 aliphatic carbocycles. The highest BCUT2D eigenvalue weighted by Crippen LogP contribution is 2.20. The maximum Gasteiger partial charge on any atom is 0.324 e. The van der Waals surface area contributed by atoms with Crippen LogP contribution >= 0.6 is 0 Å². The summed E-state index contributed by atoms with van der Waals surface area (Å²) in [4.78, 5) is 25.3. The first-order valence-corrected chi connectivity index (χ1v) is 7.28. The number of hydrogen-bond acceptors (Lipinski definition) is 3. The number of nitrogens with zero attached hydrogens (tertiary/aromatic N) is 1. The van der Waals surface area contributed by atoms with Gasteiger partial charge in [0, 0.05) is 6.54 Å². The summed E-state index contributed by atoms with van der Waals surface area (Å²) >= 11 is 0. The molecule has 2 rings (SSSR count). The highest BCUT2D eigenvalue weighted by Gasteiger charge is 2.38. The van der Waals surface area contributed by atoms with Gasteiger partial charge in [-0.1, -0.05) is 32.0 Å². The van der Waals surface area contributed by atoms with E-state index in [0.29, 0.717) is 6.54 Å². The molecule has 1 aliphatic heterocycles. The molecule has 3 amide bonds. The van der Waals surface area contributed by atoms with Crippen molar-refractivity contribution in [2.24, 2.45) is 5.92 Å². The van der Waals surface area contributed by atoms with E-state index < -0.39 is 0 Å². The molecule has 1 fully saturated rings. The van der Waals surface area contributed by atoms with Crippen molar-refractivity contribution in [3.63, 3.8) is 0 Å². The molecule has 0 radical (unpaired) electrons. The van der Waals surface area contributed by atoms with Crippen molar-refractivity contribution < 1.29 is 14.3 Å². The van der Waals surface area contributed by atoms with Gasteiger partial charge in [0.2, 0.25) is 0 Å². The Balaban J connectivity index is 1.92. The van der Waals surface area contributed by atoms with Crippen LogP contribution in [0.1, 0.15) is 25.8 Å². The Bertz CT molecular complexity index is 528. The SMILES string of the molecule is COc1ccccc1CCCN1C(=O)N[C@H](C(C)C)C1=O. The highest BCUT2D eigenvalue weighted by molar-refractivity contribution is 6.04. The molecule has 0 saturated carbocycles. The molecular formula is C16H22N2O3. The topological polar surface area (TPSA) is 58.6 Å². The Morgan fingerprint density at radius 3 is 2.62 bits per heavy atom. The Morgan fingerprint density at radius 1 is 1.29 bits per heavy atom. The van der Waals surface area contributed by atoms with E-state index in [1.807, 2.05) is 38.1 Å². The summed E-state index contributed by atoms with van der Waals surface area (Å²) < 4.78 is 5.30. The van der Waals surface area contributed by atoms with Crippen molar-refractivity contribution in [1.29, 1.82) is 0 Å². The maximum atomic E-state index is 12.1. The van der Waals surface area contributed by atoms with Gasteiger partial charge in [0.05, 0.1) is 7.11 Å². The maximum absolute atomic E-state index is 12.1. The number of imide groups is 1. The van der Waals surface area contributed by atoms with Crippen LogP contribution in [0.3, 0.4) is 0 Å². The second-order valence-electron chi connectivity index (χ2n) is 5.58. The van der Waals surface area contributed by atoms with Gasteiger partial charge in [-0.25, -0.2) is 4.79 Å². The summed E-state index contributed by atoms with van der Waals surface area (Å²) in [5.41, 5.74) is 1.09. The number of para-hydroxylation sites is 1. The highest BCUT2D eigenvalue weighted by atomic mass is 16.5. The van der Waals surface area contributed by atoms with Crippen molar-refractivity contribution in [3.05, 3.63) is 29.8 Å². The van der Waals surface area contributed by atoms with Crippen LogP contribution in [-0.2, 0) is 11.2 Å². The molecule has 0 spiro atoms. The van der Waals surface area contributed by atoms with E-state index in [1.54, 1.807) is 7.11 Å². The molecule has 1 aromatic rings. The van der Waals surface area contributed by atoms with Crippen LogP contribution in [-0.4, -0.2) is 36.5 Å². The number of methoxy groups -OCH3 is 1. The summed E-state index contributed by atoms with van der Waals surface area (Å²) in [7, 11) is 1.64. The average Bonchev–Trinajstić information content (AvgIpc) is 2.75. The molecule has 0 bridgehead atoms. The number of hydrogen-bond donors (Lipinski definition) is 1. The van der Waals surface area contributed by atoms with E-state index in [9.17, 15) is 9.59 Å². The van der Waals surface area contributed by atoms with Gasteiger partial charge in [0.1, 0.15) is 11.8 Å². The van der Waals surface area contributed by atoms with Crippen LogP contribution in [0, 0.1) is 5.92 Å². The zero-order valence-corrected chi connectivity index (χ0v) is 12.8. The lowest BCUT2D eigenvalue weighted by Gasteiger charge is -2.15. The van der Waals surface area contributed by atoms with Crippen LogP contribution < -0.4 is 10.1 Å². The molecule has 5 heteroatoms. The molecule has 0 unspecified atom stereocenters. The van der Waals surface area contributed by atoms with Crippen molar-refractivity contribution in [2.45, 2.75) is 32.7 Å². The van der Waals surface area contributed by atoms with Gasteiger partial charge < -0.3 is 10.1 Å². The number of ether oxygens (including phenoxy) is 1. The fourth-order valence-electron chi connectivity index (χ4n) is 2.54. The molecule has 114 valence electrons.